The lowest BCUT2D eigenvalue weighted by Crippen LogP contribution is -2.38. The van der Waals surface area contributed by atoms with Crippen molar-refractivity contribution in [2.75, 3.05) is 27.3 Å². The van der Waals surface area contributed by atoms with E-state index in [2.05, 4.69) is 15.6 Å². The van der Waals surface area contributed by atoms with E-state index in [9.17, 15) is 4.79 Å². The Labute approximate surface area is 153 Å². The maximum absolute atomic E-state index is 11.9. The summed E-state index contributed by atoms with van der Waals surface area (Å²) in [5.41, 5.74) is 7.42. The summed E-state index contributed by atoms with van der Waals surface area (Å²) in [7, 11) is 3.18. The molecule has 0 saturated carbocycles. The Morgan fingerprint density at radius 2 is 1.69 bits per heavy atom. The summed E-state index contributed by atoms with van der Waals surface area (Å²) in [5.74, 6) is 1.51. The van der Waals surface area contributed by atoms with Crippen LogP contribution in [0.15, 0.2) is 53.5 Å². The van der Waals surface area contributed by atoms with Gasteiger partial charge in [0.05, 0.1) is 20.8 Å². The van der Waals surface area contributed by atoms with E-state index in [1.54, 1.807) is 26.4 Å². The van der Waals surface area contributed by atoms with E-state index < -0.39 is 0 Å². The zero-order valence-electron chi connectivity index (χ0n) is 15.0. The predicted octanol–water partition coefficient (Wildman–Crippen LogP) is 1.54. The number of hydrogen-bond donors (Lipinski definition) is 3. The van der Waals surface area contributed by atoms with Crippen molar-refractivity contribution in [1.29, 1.82) is 0 Å². The van der Waals surface area contributed by atoms with Crippen LogP contribution in [0.25, 0.3) is 0 Å². The Hall–Kier alpha value is -3.22. The van der Waals surface area contributed by atoms with Gasteiger partial charge in [-0.3, -0.25) is 4.79 Å². The van der Waals surface area contributed by atoms with Crippen molar-refractivity contribution >= 4 is 11.9 Å². The number of rotatable bonds is 8. The van der Waals surface area contributed by atoms with Gasteiger partial charge in [0.25, 0.3) is 5.91 Å². The van der Waals surface area contributed by atoms with Crippen LogP contribution in [0.3, 0.4) is 0 Å². The van der Waals surface area contributed by atoms with Gasteiger partial charge in [-0.25, -0.2) is 4.99 Å². The van der Waals surface area contributed by atoms with Crippen LogP contribution in [0.5, 0.6) is 11.5 Å². The maximum Gasteiger partial charge on any atom is 0.251 e. The third kappa shape index (κ3) is 5.70. The monoisotopic (exact) mass is 356 g/mol. The highest BCUT2D eigenvalue weighted by molar-refractivity contribution is 5.94. The number of carbonyl (C=O) groups excluding carboxylic acids is 1. The first-order chi connectivity index (χ1) is 12.6. The van der Waals surface area contributed by atoms with Crippen LogP contribution in [0, 0.1) is 0 Å². The van der Waals surface area contributed by atoms with Gasteiger partial charge < -0.3 is 25.8 Å². The molecule has 0 aliphatic heterocycles. The molecule has 0 unspecified atom stereocenters. The zero-order valence-corrected chi connectivity index (χ0v) is 15.0. The van der Waals surface area contributed by atoms with Crippen LogP contribution in [-0.2, 0) is 6.54 Å². The average Bonchev–Trinajstić information content (AvgIpc) is 2.69. The van der Waals surface area contributed by atoms with Gasteiger partial charge in [-0.05, 0) is 29.8 Å². The second kappa shape index (κ2) is 9.93. The third-order valence-corrected chi connectivity index (χ3v) is 3.63. The Morgan fingerprint density at radius 1 is 1.00 bits per heavy atom. The van der Waals surface area contributed by atoms with Gasteiger partial charge in [0, 0.05) is 18.7 Å². The maximum atomic E-state index is 11.9. The standard InChI is InChI=1S/C19H24N4O3/c1-25-16-9-8-14(12-17(16)26-2)13-23-19(20)22-11-10-21-18(24)15-6-4-3-5-7-15/h3-9,12H,10-11,13H2,1-2H3,(H,21,24)(H3,20,22,23). The van der Waals surface area contributed by atoms with E-state index in [1.165, 1.54) is 0 Å². The molecule has 0 saturated heterocycles. The topological polar surface area (TPSA) is 98.0 Å². The van der Waals surface area contributed by atoms with E-state index in [0.717, 1.165) is 5.56 Å². The average molecular weight is 356 g/mol. The molecule has 0 bridgehead atoms. The van der Waals surface area contributed by atoms with Gasteiger partial charge in [-0.15, -0.1) is 0 Å². The minimum Gasteiger partial charge on any atom is -0.493 e. The zero-order chi connectivity index (χ0) is 18.8. The summed E-state index contributed by atoms with van der Waals surface area (Å²) in [6.07, 6.45) is 0. The smallest absolute Gasteiger partial charge is 0.251 e. The molecule has 7 heteroatoms. The first-order valence-corrected chi connectivity index (χ1v) is 8.22. The molecular formula is C19H24N4O3. The van der Waals surface area contributed by atoms with Crippen molar-refractivity contribution in [2.45, 2.75) is 6.54 Å². The number of amides is 1. The molecule has 0 aliphatic rings. The van der Waals surface area contributed by atoms with Gasteiger partial charge in [-0.1, -0.05) is 24.3 Å². The van der Waals surface area contributed by atoms with Crippen molar-refractivity contribution in [1.82, 2.24) is 10.6 Å². The summed E-state index contributed by atoms with van der Waals surface area (Å²) < 4.78 is 10.5. The number of aliphatic imine (C=N–C) groups is 1. The van der Waals surface area contributed by atoms with Crippen LogP contribution >= 0.6 is 0 Å². The lowest BCUT2D eigenvalue weighted by atomic mass is 10.2. The molecule has 1 amide bonds. The van der Waals surface area contributed by atoms with Crippen molar-refractivity contribution < 1.29 is 14.3 Å². The SMILES string of the molecule is COc1ccc(CN=C(N)NCCNC(=O)c2ccccc2)cc1OC. The van der Waals surface area contributed by atoms with Crippen LogP contribution in [-0.4, -0.2) is 39.2 Å². The number of methoxy groups -OCH3 is 2. The van der Waals surface area contributed by atoms with Gasteiger partial charge in [-0.2, -0.15) is 0 Å². The number of guanidine groups is 1. The van der Waals surface area contributed by atoms with Crippen molar-refractivity contribution in [2.24, 2.45) is 10.7 Å². The molecule has 0 radical (unpaired) electrons. The molecular weight excluding hydrogens is 332 g/mol. The van der Waals surface area contributed by atoms with E-state index in [1.807, 2.05) is 36.4 Å². The molecule has 0 atom stereocenters. The molecule has 26 heavy (non-hydrogen) atoms. The van der Waals surface area contributed by atoms with Crippen LogP contribution in [0.1, 0.15) is 15.9 Å². The fraction of sp³-hybridized carbons (Fsp3) is 0.263. The molecule has 138 valence electrons. The van der Waals surface area contributed by atoms with Crippen LogP contribution < -0.4 is 25.8 Å². The van der Waals surface area contributed by atoms with E-state index in [4.69, 9.17) is 15.2 Å². The highest BCUT2D eigenvalue weighted by Crippen LogP contribution is 2.27. The molecule has 0 fully saturated rings. The summed E-state index contributed by atoms with van der Waals surface area (Å²) in [6, 6.07) is 14.6. The fourth-order valence-corrected chi connectivity index (χ4v) is 2.27. The van der Waals surface area contributed by atoms with Gasteiger partial charge in [0.1, 0.15) is 0 Å². The number of benzene rings is 2. The lowest BCUT2D eigenvalue weighted by Gasteiger charge is -2.09. The first kappa shape index (κ1) is 19.1. The summed E-state index contributed by atoms with van der Waals surface area (Å²) in [5, 5.41) is 5.78. The van der Waals surface area contributed by atoms with Crippen LogP contribution in [0.2, 0.25) is 0 Å². The molecule has 4 N–H and O–H groups in total. The number of nitrogens with two attached hydrogens (primary N) is 1. The molecule has 7 nitrogen and oxygen atoms in total. The Balaban J connectivity index is 1.75. The molecule has 0 heterocycles. The third-order valence-electron chi connectivity index (χ3n) is 3.63. The first-order valence-electron chi connectivity index (χ1n) is 8.22. The molecule has 2 rings (SSSR count). The lowest BCUT2D eigenvalue weighted by molar-refractivity contribution is 0.0954. The normalized spacial score (nSPS) is 10.9. The van der Waals surface area contributed by atoms with E-state index >= 15 is 0 Å². The van der Waals surface area contributed by atoms with E-state index in [0.29, 0.717) is 42.7 Å². The second-order valence-corrected chi connectivity index (χ2v) is 5.44. The van der Waals surface area contributed by atoms with Gasteiger partial charge in [0.15, 0.2) is 17.5 Å². The highest BCUT2D eigenvalue weighted by atomic mass is 16.5. The van der Waals surface area contributed by atoms with Crippen LogP contribution in [0.4, 0.5) is 0 Å². The Bertz CT molecular complexity index is 748. The predicted molar refractivity (Wildman–Crippen MR) is 102 cm³/mol. The molecule has 0 aliphatic carbocycles. The molecule has 0 spiro atoms. The molecule has 2 aromatic carbocycles. The largest absolute Gasteiger partial charge is 0.493 e. The number of nitrogens with zero attached hydrogens (tertiary/aromatic N) is 1. The van der Waals surface area contributed by atoms with Crippen molar-refractivity contribution in [3.63, 3.8) is 0 Å². The Morgan fingerprint density at radius 3 is 2.38 bits per heavy atom. The second-order valence-electron chi connectivity index (χ2n) is 5.44. The molecule has 2 aromatic rings. The summed E-state index contributed by atoms with van der Waals surface area (Å²) >= 11 is 0. The van der Waals surface area contributed by atoms with Gasteiger partial charge >= 0.3 is 0 Å². The Kier molecular flexibility index (Phi) is 7.30. The number of hydrogen-bond acceptors (Lipinski definition) is 4. The van der Waals surface area contributed by atoms with E-state index in [-0.39, 0.29) is 5.91 Å². The summed E-state index contributed by atoms with van der Waals surface area (Å²) in [4.78, 5) is 16.2. The van der Waals surface area contributed by atoms with Gasteiger partial charge in [0.2, 0.25) is 0 Å². The highest BCUT2D eigenvalue weighted by Gasteiger charge is 2.05. The summed E-state index contributed by atoms with van der Waals surface area (Å²) in [6.45, 7) is 1.34. The van der Waals surface area contributed by atoms with Crippen molar-refractivity contribution in [3.05, 3.63) is 59.7 Å². The molecule has 0 aromatic heterocycles. The number of carbonyl (C=O) groups is 1. The van der Waals surface area contributed by atoms with Crippen molar-refractivity contribution in [3.8, 4) is 11.5 Å². The quantitative estimate of drug-likeness (QED) is 0.379. The number of nitrogens with one attached hydrogen (secondary N) is 2. The minimum atomic E-state index is -0.117. The minimum absolute atomic E-state index is 0.117. The fourth-order valence-electron chi connectivity index (χ4n) is 2.27. The number of ether oxygens (including phenoxy) is 2.